The molecule has 10 heteroatoms. The lowest BCUT2D eigenvalue weighted by atomic mass is 10.1. The molecular formula is C24H20N4O6. The maximum Gasteiger partial charge on any atom is 0.267 e. The first kappa shape index (κ1) is 23.8. The highest BCUT2D eigenvalue weighted by molar-refractivity contribution is 5.98. The molecule has 0 radical (unpaired) electrons. The zero-order valence-electron chi connectivity index (χ0n) is 17.7. The molecule has 1 atom stereocenters. The summed E-state index contributed by atoms with van der Waals surface area (Å²) in [6.07, 6.45) is 0. The van der Waals surface area contributed by atoms with Crippen molar-refractivity contribution < 1.29 is 24.7 Å². The van der Waals surface area contributed by atoms with Crippen LogP contribution in [0.25, 0.3) is 0 Å². The van der Waals surface area contributed by atoms with E-state index in [2.05, 4.69) is 27.5 Å². The Bertz CT molecular complexity index is 1310. The molecule has 0 aliphatic rings. The Morgan fingerprint density at radius 3 is 2.15 bits per heavy atom. The van der Waals surface area contributed by atoms with Gasteiger partial charge < -0.3 is 15.7 Å². The van der Waals surface area contributed by atoms with Crippen molar-refractivity contribution in [3.63, 3.8) is 0 Å². The van der Waals surface area contributed by atoms with Gasteiger partial charge in [0.2, 0.25) is 0 Å². The SMILES string of the molecule is O=C(NCC(NC(=O)c1ccc(C#Cc2ccccc2)cc1)C(=O)NO)c1cc(O)[nH]c(=O)c1. The minimum atomic E-state index is -1.32. The van der Waals surface area contributed by atoms with Crippen molar-refractivity contribution in [3.8, 4) is 17.7 Å². The zero-order valence-corrected chi connectivity index (χ0v) is 17.7. The monoisotopic (exact) mass is 460 g/mol. The molecular weight excluding hydrogens is 440 g/mol. The second kappa shape index (κ2) is 11.1. The van der Waals surface area contributed by atoms with Crippen LogP contribution in [-0.2, 0) is 4.79 Å². The van der Waals surface area contributed by atoms with E-state index in [9.17, 15) is 24.3 Å². The molecule has 10 nitrogen and oxygen atoms in total. The predicted octanol–water partition coefficient (Wildman–Crippen LogP) is 0.514. The van der Waals surface area contributed by atoms with Crippen LogP contribution in [0.15, 0.2) is 71.5 Å². The quantitative estimate of drug-likeness (QED) is 0.179. The normalized spacial score (nSPS) is 10.9. The highest BCUT2D eigenvalue weighted by atomic mass is 16.5. The van der Waals surface area contributed by atoms with Gasteiger partial charge in [0, 0.05) is 35.4 Å². The fraction of sp³-hybridized carbons (Fsp3) is 0.0833. The molecule has 34 heavy (non-hydrogen) atoms. The van der Waals surface area contributed by atoms with E-state index >= 15 is 0 Å². The fourth-order valence-corrected chi connectivity index (χ4v) is 2.86. The van der Waals surface area contributed by atoms with Gasteiger partial charge in [-0.2, -0.15) is 0 Å². The summed E-state index contributed by atoms with van der Waals surface area (Å²) < 4.78 is 0. The number of aromatic nitrogens is 1. The van der Waals surface area contributed by atoms with Crippen molar-refractivity contribution in [1.82, 2.24) is 21.1 Å². The van der Waals surface area contributed by atoms with Gasteiger partial charge in [-0.15, -0.1) is 0 Å². The molecule has 1 unspecified atom stereocenters. The first-order valence-electron chi connectivity index (χ1n) is 9.99. The van der Waals surface area contributed by atoms with E-state index in [4.69, 9.17) is 5.21 Å². The molecule has 0 fully saturated rings. The van der Waals surface area contributed by atoms with Crippen LogP contribution < -0.4 is 21.7 Å². The number of hydroxylamine groups is 1. The van der Waals surface area contributed by atoms with Crippen LogP contribution in [0.1, 0.15) is 31.8 Å². The standard InChI is InChI=1S/C24H20N4O6/c29-20-12-18(13-21(30)27-20)22(31)25-14-19(24(33)28-34)26-23(32)17-10-8-16(9-11-17)7-6-15-4-2-1-3-5-15/h1-5,8-13,19,34H,14H2,(H,25,31)(H,26,32)(H,28,33)(H2,27,29,30). The van der Waals surface area contributed by atoms with Crippen molar-refractivity contribution in [3.05, 3.63) is 99.3 Å². The topological polar surface area (TPSA) is 161 Å². The van der Waals surface area contributed by atoms with Crippen molar-refractivity contribution in [2.24, 2.45) is 0 Å². The first-order valence-corrected chi connectivity index (χ1v) is 9.99. The summed E-state index contributed by atoms with van der Waals surface area (Å²) >= 11 is 0. The average molecular weight is 460 g/mol. The molecule has 2 aromatic carbocycles. The Hall–Kier alpha value is -4.88. The Kier molecular flexibility index (Phi) is 7.78. The first-order chi connectivity index (χ1) is 16.4. The van der Waals surface area contributed by atoms with Crippen LogP contribution in [-0.4, -0.2) is 45.6 Å². The highest BCUT2D eigenvalue weighted by Gasteiger charge is 2.22. The number of pyridine rings is 1. The maximum absolute atomic E-state index is 12.6. The number of hydrogen-bond acceptors (Lipinski definition) is 6. The lowest BCUT2D eigenvalue weighted by Crippen LogP contribution is -2.52. The minimum Gasteiger partial charge on any atom is -0.494 e. The molecule has 0 saturated carbocycles. The van der Waals surface area contributed by atoms with E-state index in [1.54, 1.807) is 12.1 Å². The summed E-state index contributed by atoms with van der Waals surface area (Å²) in [7, 11) is 0. The zero-order chi connectivity index (χ0) is 24.5. The third-order valence-corrected chi connectivity index (χ3v) is 4.56. The number of nitrogens with one attached hydrogen (secondary N) is 4. The molecule has 1 aromatic heterocycles. The van der Waals surface area contributed by atoms with Crippen LogP contribution in [0.4, 0.5) is 0 Å². The molecule has 172 valence electrons. The van der Waals surface area contributed by atoms with Gasteiger partial charge in [-0.05, 0) is 36.4 Å². The molecule has 1 heterocycles. The van der Waals surface area contributed by atoms with Crippen LogP contribution in [0, 0.1) is 11.8 Å². The summed E-state index contributed by atoms with van der Waals surface area (Å²) in [5.74, 6) is 3.12. The van der Waals surface area contributed by atoms with E-state index < -0.39 is 41.7 Å². The number of hydrogen-bond donors (Lipinski definition) is 6. The lowest BCUT2D eigenvalue weighted by molar-refractivity contribution is -0.131. The Morgan fingerprint density at radius 2 is 1.53 bits per heavy atom. The summed E-state index contributed by atoms with van der Waals surface area (Å²) in [5.41, 5.74) is 2.34. The molecule has 0 aliphatic heterocycles. The minimum absolute atomic E-state index is 0.150. The number of amides is 3. The number of carbonyl (C=O) groups excluding carboxylic acids is 3. The van der Waals surface area contributed by atoms with E-state index in [1.165, 1.54) is 17.6 Å². The molecule has 0 aliphatic carbocycles. The van der Waals surface area contributed by atoms with Gasteiger partial charge in [0.25, 0.3) is 23.3 Å². The highest BCUT2D eigenvalue weighted by Crippen LogP contribution is 2.06. The number of H-pyrrole nitrogens is 1. The van der Waals surface area contributed by atoms with Gasteiger partial charge in [0.05, 0.1) is 5.56 Å². The largest absolute Gasteiger partial charge is 0.494 e. The van der Waals surface area contributed by atoms with Gasteiger partial charge in [-0.1, -0.05) is 30.0 Å². The molecule has 3 rings (SSSR count). The Morgan fingerprint density at radius 1 is 0.882 bits per heavy atom. The number of aromatic amines is 1. The van der Waals surface area contributed by atoms with Crippen LogP contribution in [0.3, 0.4) is 0 Å². The van der Waals surface area contributed by atoms with Crippen molar-refractivity contribution in [1.29, 1.82) is 0 Å². The molecule has 6 N–H and O–H groups in total. The Balaban J connectivity index is 1.64. The third-order valence-electron chi connectivity index (χ3n) is 4.56. The third kappa shape index (κ3) is 6.56. The second-order valence-electron chi connectivity index (χ2n) is 7.02. The van der Waals surface area contributed by atoms with Gasteiger partial charge in [0.15, 0.2) is 5.88 Å². The number of carbonyl (C=O) groups is 3. The molecule has 0 saturated heterocycles. The molecule has 3 aromatic rings. The van der Waals surface area contributed by atoms with Gasteiger partial charge in [-0.25, -0.2) is 5.48 Å². The van der Waals surface area contributed by atoms with Crippen molar-refractivity contribution in [2.45, 2.75) is 6.04 Å². The molecule has 3 amide bonds. The van der Waals surface area contributed by atoms with E-state index in [1.807, 2.05) is 30.3 Å². The van der Waals surface area contributed by atoms with Crippen molar-refractivity contribution >= 4 is 17.7 Å². The van der Waals surface area contributed by atoms with Crippen LogP contribution in [0.2, 0.25) is 0 Å². The summed E-state index contributed by atoms with van der Waals surface area (Å²) in [6, 6.07) is 16.4. The second-order valence-corrected chi connectivity index (χ2v) is 7.02. The maximum atomic E-state index is 12.6. The summed E-state index contributed by atoms with van der Waals surface area (Å²) in [5, 5.41) is 23.2. The predicted molar refractivity (Wildman–Crippen MR) is 121 cm³/mol. The molecule has 0 bridgehead atoms. The van der Waals surface area contributed by atoms with E-state index in [0.717, 1.165) is 17.7 Å². The van der Waals surface area contributed by atoms with Crippen molar-refractivity contribution in [2.75, 3.05) is 6.54 Å². The lowest BCUT2D eigenvalue weighted by Gasteiger charge is -2.17. The van der Waals surface area contributed by atoms with E-state index in [0.29, 0.717) is 5.56 Å². The smallest absolute Gasteiger partial charge is 0.267 e. The van der Waals surface area contributed by atoms with Gasteiger partial charge in [-0.3, -0.25) is 29.4 Å². The number of aromatic hydroxyl groups is 1. The Labute approximate surface area is 193 Å². The summed E-state index contributed by atoms with van der Waals surface area (Å²) in [6.45, 7) is -0.398. The fourth-order valence-electron chi connectivity index (χ4n) is 2.86. The number of rotatable bonds is 6. The van der Waals surface area contributed by atoms with E-state index in [-0.39, 0.29) is 11.1 Å². The molecule has 0 spiro atoms. The number of benzene rings is 2. The average Bonchev–Trinajstić information content (AvgIpc) is 2.84. The van der Waals surface area contributed by atoms with Crippen LogP contribution in [0.5, 0.6) is 5.88 Å². The summed E-state index contributed by atoms with van der Waals surface area (Å²) in [4.78, 5) is 50.2. The van der Waals surface area contributed by atoms with Crippen LogP contribution >= 0.6 is 0 Å². The van der Waals surface area contributed by atoms with Gasteiger partial charge >= 0.3 is 0 Å². The van der Waals surface area contributed by atoms with Gasteiger partial charge in [0.1, 0.15) is 6.04 Å².